The van der Waals surface area contributed by atoms with Crippen LogP contribution >= 0.6 is 0 Å². The molecule has 1 aromatic rings. The van der Waals surface area contributed by atoms with E-state index in [1.807, 2.05) is 0 Å². The van der Waals surface area contributed by atoms with Crippen molar-refractivity contribution in [3.8, 4) is 5.75 Å². The minimum absolute atomic E-state index is 0.469. The van der Waals surface area contributed by atoms with E-state index < -0.39 is 41.4 Å². The first-order valence-corrected chi connectivity index (χ1v) is 3.71. The predicted molar refractivity (Wildman–Crippen MR) is 42.0 cm³/mol. The fourth-order valence-corrected chi connectivity index (χ4v) is 0.978. The highest BCUT2D eigenvalue weighted by molar-refractivity contribution is 5.34. The van der Waals surface area contributed by atoms with Gasteiger partial charge in [-0.3, -0.25) is 0 Å². The van der Waals surface area contributed by atoms with E-state index >= 15 is 0 Å². The molecule has 0 aliphatic carbocycles. The minimum Gasteiger partial charge on any atom is -0.503 e. The molecule has 0 saturated heterocycles. The van der Waals surface area contributed by atoms with Crippen molar-refractivity contribution in [1.82, 2.24) is 0 Å². The van der Waals surface area contributed by atoms with Crippen molar-refractivity contribution in [2.24, 2.45) is 5.73 Å². The Morgan fingerprint density at radius 2 is 1.86 bits per heavy atom. The number of halogens is 3. The zero-order valence-corrected chi connectivity index (χ0v) is 6.97. The topological polar surface area (TPSA) is 66.5 Å². The average Bonchev–Trinajstić information content (AvgIpc) is 2.19. The van der Waals surface area contributed by atoms with Crippen molar-refractivity contribution in [2.45, 2.75) is 6.04 Å². The summed E-state index contributed by atoms with van der Waals surface area (Å²) in [6.45, 7) is -0.637. The Labute approximate surface area is 77.6 Å². The fourth-order valence-electron chi connectivity index (χ4n) is 0.978. The van der Waals surface area contributed by atoms with Crippen molar-refractivity contribution in [1.29, 1.82) is 0 Å². The Balaban J connectivity index is 3.33. The van der Waals surface area contributed by atoms with E-state index in [2.05, 4.69) is 0 Å². The molecule has 1 rings (SSSR count). The quantitative estimate of drug-likeness (QED) is 0.628. The summed E-state index contributed by atoms with van der Waals surface area (Å²) in [5.41, 5.74) is 4.72. The maximum absolute atomic E-state index is 13.0. The lowest BCUT2D eigenvalue weighted by Crippen LogP contribution is -2.17. The largest absolute Gasteiger partial charge is 0.503 e. The molecule has 1 aromatic carbocycles. The second-order valence-electron chi connectivity index (χ2n) is 2.71. The van der Waals surface area contributed by atoms with E-state index in [9.17, 15) is 13.2 Å². The van der Waals surface area contributed by atoms with Gasteiger partial charge in [-0.1, -0.05) is 0 Å². The van der Waals surface area contributed by atoms with Crippen LogP contribution in [0.3, 0.4) is 0 Å². The van der Waals surface area contributed by atoms with E-state index in [0.717, 1.165) is 0 Å². The van der Waals surface area contributed by atoms with Crippen LogP contribution in [0.2, 0.25) is 0 Å². The Morgan fingerprint density at radius 3 is 2.36 bits per heavy atom. The van der Waals surface area contributed by atoms with Crippen LogP contribution < -0.4 is 5.73 Å². The summed E-state index contributed by atoms with van der Waals surface area (Å²) in [6.07, 6.45) is 0. The van der Waals surface area contributed by atoms with Crippen LogP contribution in [-0.4, -0.2) is 16.8 Å². The number of aliphatic hydroxyl groups excluding tert-OH is 1. The smallest absolute Gasteiger partial charge is 0.203 e. The van der Waals surface area contributed by atoms with Gasteiger partial charge in [0.2, 0.25) is 5.82 Å². The average molecular weight is 207 g/mol. The van der Waals surface area contributed by atoms with Gasteiger partial charge in [-0.2, -0.15) is 4.39 Å². The highest BCUT2D eigenvalue weighted by atomic mass is 19.2. The van der Waals surface area contributed by atoms with Gasteiger partial charge in [0.05, 0.1) is 12.6 Å². The number of benzene rings is 1. The second kappa shape index (κ2) is 3.85. The fraction of sp³-hybridized carbons (Fsp3) is 0.250. The first-order chi connectivity index (χ1) is 6.49. The number of aromatic hydroxyl groups is 1. The van der Waals surface area contributed by atoms with Gasteiger partial charge < -0.3 is 15.9 Å². The molecule has 6 heteroatoms. The predicted octanol–water partition coefficient (Wildman–Crippen LogP) is 0.802. The van der Waals surface area contributed by atoms with E-state index in [-0.39, 0.29) is 0 Å². The molecule has 14 heavy (non-hydrogen) atoms. The molecular formula is C8H8F3NO2. The molecule has 0 saturated carbocycles. The van der Waals surface area contributed by atoms with Gasteiger partial charge in [0.1, 0.15) is 0 Å². The lowest BCUT2D eigenvalue weighted by Gasteiger charge is -2.11. The zero-order chi connectivity index (χ0) is 10.9. The van der Waals surface area contributed by atoms with Crippen LogP contribution in [-0.2, 0) is 0 Å². The number of hydrogen-bond acceptors (Lipinski definition) is 3. The molecule has 0 amide bonds. The minimum atomic E-state index is -1.67. The Hall–Kier alpha value is -1.27. The number of phenols is 1. The third-order valence-corrected chi connectivity index (χ3v) is 1.76. The van der Waals surface area contributed by atoms with Gasteiger partial charge in [-0.15, -0.1) is 0 Å². The van der Waals surface area contributed by atoms with Crippen LogP contribution in [0, 0.1) is 17.5 Å². The van der Waals surface area contributed by atoms with E-state index in [1.165, 1.54) is 0 Å². The molecule has 0 aliphatic heterocycles. The second-order valence-corrected chi connectivity index (χ2v) is 2.71. The summed E-state index contributed by atoms with van der Waals surface area (Å²) in [4.78, 5) is 0. The molecule has 1 atom stereocenters. The van der Waals surface area contributed by atoms with Gasteiger partial charge in [0.15, 0.2) is 17.4 Å². The maximum Gasteiger partial charge on any atom is 0.203 e. The molecule has 0 unspecified atom stereocenters. The molecule has 0 aromatic heterocycles. The molecule has 0 bridgehead atoms. The standard InChI is InChI=1S/C8H8F3NO2/c9-4-1-3(5(12)2-13)6(10)8(14)7(4)11/h1,5,13-14H,2,12H2/t5-/m0/s1. The Bertz CT molecular complexity index is 357. The van der Waals surface area contributed by atoms with Crippen molar-refractivity contribution >= 4 is 0 Å². The summed E-state index contributed by atoms with van der Waals surface area (Å²) in [5, 5.41) is 17.4. The molecule has 0 aliphatic rings. The summed E-state index contributed by atoms with van der Waals surface area (Å²) in [5.74, 6) is -5.87. The number of rotatable bonds is 2. The van der Waals surface area contributed by atoms with Crippen LogP contribution in [0.4, 0.5) is 13.2 Å². The molecule has 4 N–H and O–H groups in total. The van der Waals surface area contributed by atoms with Gasteiger partial charge in [-0.25, -0.2) is 8.78 Å². The van der Waals surface area contributed by atoms with E-state index in [4.69, 9.17) is 15.9 Å². The Kier molecular flexibility index (Phi) is 2.97. The molecule has 78 valence electrons. The molecular weight excluding hydrogens is 199 g/mol. The Morgan fingerprint density at radius 1 is 1.29 bits per heavy atom. The van der Waals surface area contributed by atoms with E-state index in [0.29, 0.717) is 6.07 Å². The monoisotopic (exact) mass is 207 g/mol. The number of aliphatic hydroxyl groups is 1. The molecule has 0 heterocycles. The van der Waals surface area contributed by atoms with Crippen molar-refractivity contribution < 1.29 is 23.4 Å². The SMILES string of the molecule is N[C@@H](CO)c1cc(F)c(F)c(O)c1F. The van der Waals surface area contributed by atoms with Crippen LogP contribution in [0.5, 0.6) is 5.75 Å². The lowest BCUT2D eigenvalue weighted by molar-refractivity contribution is 0.263. The summed E-state index contributed by atoms with van der Waals surface area (Å²) in [6, 6.07) is -0.693. The normalized spacial score (nSPS) is 12.9. The molecule has 0 spiro atoms. The highest BCUT2D eigenvalue weighted by Crippen LogP contribution is 2.28. The summed E-state index contributed by atoms with van der Waals surface area (Å²) in [7, 11) is 0. The molecule has 0 radical (unpaired) electrons. The number of hydrogen-bond donors (Lipinski definition) is 3. The first-order valence-electron chi connectivity index (χ1n) is 3.71. The van der Waals surface area contributed by atoms with Crippen LogP contribution in [0.25, 0.3) is 0 Å². The first kappa shape index (κ1) is 10.8. The molecule has 0 fully saturated rings. The summed E-state index contributed by atoms with van der Waals surface area (Å²) < 4.78 is 38.3. The van der Waals surface area contributed by atoms with Crippen LogP contribution in [0.15, 0.2) is 6.07 Å². The maximum atomic E-state index is 13.0. The van der Waals surface area contributed by atoms with Crippen molar-refractivity contribution in [3.63, 3.8) is 0 Å². The lowest BCUT2D eigenvalue weighted by atomic mass is 10.1. The van der Waals surface area contributed by atoms with Gasteiger partial charge in [-0.05, 0) is 6.07 Å². The third-order valence-electron chi connectivity index (χ3n) is 1.76. The van der Waals surface area contributed by atoms with Crippen molar-refractivity contribution in [2.75, 3.05) is 6.61 Å². The third kappa shape index (κ3) is 1.66. The summed E-state index contributed by atoms with van der Waals surface area (Å²) >= 11 is 0. The van der Waals surface area contributed by atoms with Crippen molar-refractivity contribution in [3.05, 3.63) is 29.1 Å². The molecule has 3 nitrogen and oxygen atoms in total. The van der Waals surface area contributed by atoms with E-state index in [1.54, 1.807) is 0 Å². The highest BCUT2D eigenvalue weighted by Gasteiger charge is 2.21. The van der Waals surface area contributed by atoms with Crippen LogP contribution in [0.1, 0.15) is 11.6 Å². The number of nitrogens with two attached hydrogens (primary N) is 1. The van der Waals surface area contributed by atoms with Gasteiger partial charge in [0, 0.05) is 5.56 Å². The zero-order valence-electron chi connectivity index (χ0n) is 6.97. The van der Waals surface area contributed by atoms with Gasteiger partial charge in [0.25, 0.3) is 0 Å². The number of phenolic OH excluding ortho intramolecular Hbond substituents is 1. The van der Waals surface area contributed by atoms with Gasteiger partial charge >= 0.3 is 0 Å².